The second kappa shape index (κ2) is 5.84. The Morgan fingerprint density at radius 2 is 1.89 bits per heavy atom. The Bertz CT molecular complexity index is 410. The molecule has 3 atom stereocenters. The van der Waals surface area contributed by atoms with Gasteiger partial charge in [0.1, 0.15) is 5.82 Å². The Kier molecular flexibility index (Phi) is 4.57. The van der Waals surface area contributed by atoms with Crippen LogP contribution in [0.4, 0.5) is 4.39 Å². The van der Waals surface area contributed by atoms with Crippen molar-refractivity contribution in [3.63, 3.8) is 0 Å². The van der Waals surface area contributed by atoms with Gasteiger partial charge in [-0.3, -0.25) is 0 Å². The highest BCUT2D eigenvalue weighted by molar-refractivity contribution is 8.00. The summed E-state index contributed by atoms with van der Waals surface area (Å²) in [4.78, 5) is 0. The molecule has 1 heterocycles. The molecule has 1 aromatic rings. The third-order valence-corrected chi connectivity index (χ3v) is 5.15. The first kappa shape index (κ1) is 14.9. The van der Waals surface area contributed by atoms with Crippen LogP contribution < -0.4 is 5.32 Å². The van der Waals surface area contributed by atoms with Crippen LogP contribution in [0.2, 0.25) is 0 Å². The molecule has 0 amide bonds. The minimum atomic E-state index is -0.166. The van der Waals surface area contributed by atoms with Gasteiger partial charge in [0, 0.05) is 17.3 Å². The van der Waals surface area contributed by atoms with E-state index in [1.165, 1.54) is 17.7 Å². The van der Waals surface area contributed by atoms with Gasteiger partial charge in [-0.25, -0.2) is 4.39 Å². The van der Waals surface area contributed by atoms with Crippen LogP contribution in [0.1, 0.15) is 45.7 Å². The highest BCUT2D eigenvalue weighted by Gasteiger charge is 2.32. The molecule has 3 heteroatoms. The Morgan fingerprint density at radius 3 is 2.37 bits per heavy atom. The third-order valence-electron chi connectivity index (χ3n) is 3.83. The molecule has 2 rings (SSSR count). The van der Waals surface area contributed by atoms with E-state index in [0.29, 0.717) is 11.3 Å². The Balaban J connectivity index is 2.19. The van der Waals surface area contributed by atoms with E-state index >= 15 is 0 Å². The molecule has 1 N–H and O–H groups in total. The average molecular weight is 281 g/mol. The second-order valence-electron chi connectivity index (χ2n) is 6.49. The van der Waals surface area contributed by atoms with E-state index < -0.39 is 0 Å². The molecule has 0 radical (unpaired) electrons. The molecule has 1 saturated heterocycles. The van der Waals surface area contributed by atoms with Gasteiger partial charge in [0.05, 0.1) is 0 Å². The van der Waals surface area contributed by atoms with Gasteiger partial charge < -0.3 is 5.32 Å². The van der Waals surface area contributed by atoms with Crippen LogP contribution in [-0.4, -0.2) is 17.0 Å². The van der Waals surface area contributed by atoms with E-state index in [-0.39, 0.29) is 17.3 Å². The van der Waals surface area contributed by atoms with Gasteiger partial charge in [-0.05, 0) is 35.3 Å². The van der Waals surface area contributed by atoms with Gasteiger partial charge >= 0.3 is 0 Å². The van der Waals surface area contributed by atoms with Gasteiger partial charge in [0.15, 0.2) is 0 Å². The number of benzene rings is 1. The molecule has 0 bridgehead atoms. The van der Waals surface area contributed by atoms with Crippen LogP contribution in [0.15, 0.2) is 24.3 Å². The summed E-state index contributed by atoms with van der Waals surface area (Å²) < 4.78 is 13.1. The first-order chi connectivity index (χ1) is 8.88. The number of hydrogen-bond acceptors (Lipinski definition) is 2. The van der Waals surface area contributed by atoms with Crippen molar-refractivity contribution in [3.8, 4) is 0 Å². The smallest absolute Gasteiger partial charge is 0.123 e. The zero-order valence-corrected chi connectivity index (χ0v) is 13.1. The van der Waals surface area contributed by atoms with Gasteiger partial charge in [-0.15, -0.1) is 0 Å². The fraction of sp³-hybridized carbons (Fsp3) is 0.625. The topological polar surface area (TPSA) is 12.0 Å². The maximum absolute atomic E-state index is 13.1. The average Bonchev–Trinajstić information content (AvgIpc) is 2.72. The van der Waals surface area contributed by atoms with Crippen molar-refractivity contribution in [2.24, 2.45) is 5.41 Å². The van der Waals surface area contributed by atoms with E-state index in [0.717, 1.165) is 0 Å². The number of halogens is 1. The van der Waals surface area contributed by atoms with E-state index in [1.807, 2.05) is 23.9 Å². The molecule has 106 valence electrons. The van der Waals surface area contributed by atoms with Crippen molar-refractivity contribution < 1.29 is 4.39 Å². The SMILES string of the molecule is CC1SCCC1NC(c1ccc(F)cc1)C(C)(C)C. The van der Waals surface area contributed by atoms with Crippen LogP contribution in [0.25, 0.3) is 0 Å². The maximum atomic E-state index is 13.1. The standard InChI is InChI=1S/C16H24FNS/c1-11-14(9-10-19-11)18-15(16(2,3)4)12-5-7-13(17)8-6-12/h5-8,11,14-15,18H,9-10H2,1-4H3. The lowest BCUT2D eigenvalue weighted by molar-refractivity contribution is 0.248. The van der Waals surface area contributed by atoms with Crippen LogP contribution in [0.5, 0.6) is 0 Å². The molecule has 0 spiro atoms. The number of hydrogen-bond donors (Lipinski definition) is 1. The first-order valence-corrected chi connectivity index (χ1v) is 8.06. The zero-order chi connectivity index (χ0) is 14.0. The summed E-state index contributed by atoms with van der Waals surface area (Å²) >= 11 is 2.03. The summed E-state index contributed by atoms with van der Waals surface area (Å²) in [6, 6.07) is 7.75. The molecule has 1 aromatic carbocycles. The summed E-state index contributed by atoms with van der Waals surface area (Å²) in [7, 11) is 0. The largest absolute Gasteiger partial charge is 0.306 e. The second-order valence-corrected chi connectivity index (χ2v) is 7.97. The number of rotatable bonds is 3. The molecule has 0 aromatic heterocycles. The lowest BCUT2D eigenvalue weighted by atomic mass is 9.81. The van der Waals surface area contributed by atoms with E-state index in [2.05, 4.69) is 33.0 Å². The number of nitrogens with one attached hydrogen (secondary N) is 1. The van der Waals surface area contributed by atoms with Crippen molar-refractivity contribution >= 4 is 11.8 Å². The van der Waals surface area contributed by atoms with Crippen molar-refractivity contribution in [1.82, 2.24) is 5.32 Å². The van der Waals surface area contributed by atoms with Gasteiger partial charge in [0.2, 0.25) is 0 Å². The van der Waals surface area contributed by atoms with Gasteiger partial charge in [0.25, 0.3) is 0 Å². The predicted octanol–water partition coefficient (Wildman–Crippen LogP) is 4.40. The fourth-order valence-corrected chi connectivity index (χ4v) is 3.87. The molecule has 1 fully saturated rings. The fourth-order valence-electron chi connectivity index (χ4n) is 2.67. The molecule has 1 aliphatic rings. The van der Waals surface area contributed by atoms with E-state index in [1.54, 1.807) is 12.1 Å². The van der Waals surface area contributed by atoms with Gasteiger partial charge in [-0.2, -0.15) is 11.8 Å². The van der Waals surface area contributed by atoms with Gasteiger partial charge in [-0.1, -0.05) is 39.8 Å². The van der Waals surface area contributed by atoms with Crippen LogP contribution in [-0.2, 0) is 0 Å². The van der Waals surface area contributed by atoms with Crippen molar-refractivity contribution in [1.29, 1.82) is 0 Å². The Hall–Kier alpha value is -0.540. The zero-order valence-electron chi connectivity index (χ0n) is 12.2. The van der Waals surface area contributed by atoms with Crippen molar-refractivity contribution in [2.45, 2.75) is 51.4 Å². The third kappa shape index (κ3) is 3.73. The highest BCUT2D eigenvalue weighted by Crippen LogP contribution is 2.36. The van der Waals surface area contributed by atoms with Crippen LogP contribution in [0, 0.1) is 11.2 Å². The summed E-state index contributed by atoms with van der Waals surface area (Å²) in [6.07, 6.45) is 1.22. The molecule has 1 aliphatic heterocycles. The Morgan fingerprint density at radius 1 is 1.26 bits per heavy atom. The predicted molar refractivity (Wildman–Crippen MR) is 82.1 cm³/mol. The molecule has 19 heavy (non-hydrogen) atoms. The van der Waals surface area contributed by atoms with Crippen molar-refractivity contribution in [3.05, 3.63) is 35.6 Å². The molecule has 0 aliphatic carbocycles. The Labute approximate surface area is 120 Å². The lowest BCUT2D eigenvalue weighted by Gasteiger charge is -2.35. The van der Waals surface area contributed by atoms with E-state index in [9.17, 15) is 4.39 Å². The summed E-state index contributed by atoms with van der Waals surface area (Å²) in [5.41, 5.74) is 1.29. The minimum absolute atomic E-state index is 0.116. The monoisotopic (exact) mass is 281 g/mol. The molecule has 0 saturated carbocycles. The molecule has 1 nitrogen and oxygen atoms in total. The summed E-state index contributed by atoms with van der Waals surface area (Å²) in [6.45, 7) is 9.00. The van der Waals surface area contributed by atoms with Crippen LogP contribution in [0.3, 0.4) is 0 Å². The van der Waals surface area contributed by atoms with E-state index in [4.69, 9.17) is 0 Å². The summed E-state index contributed by atoms with van der Waals surface area (Å²) in [5.74, 6) is 1.07. The number of thioether (sulfide) groups is 1. The lowest BCUT2D eigenvalue weighted by Crippen LogP contribution is -2.41. The van der Waals surface area contributed by atoms with Crippen molar-refractivity contribution in [2.75, 3.05) is 5.75 Å². The molecular weight excluding hydrogens is 257 g/mol. The molecule has 3 unspecified atom stereocenters. The highest BCUT2D eigenvalue weighted by atomic mass is 32.2. The normalized spacial score (nSPS) is 25.5. The summed E-state index contributed by atoms with van der Waals surface area (Å²) in [5, 5.41) is 4.46. The van der Waals surface area contributed by atoms with Crippen LogP contribution >= 0.6 is 11.8 Å². The maximum Gasteiger partial charge on any atom is 0.123 e. The molecular formula is C16H24FNS. The quantitative estimate of drug-likeness (QED) is 0.881. The minimum Gasteiger partial charge on any atom is -0.306 e. The first-order valence-electron chi connectivity index (χ1n) is 7.01.